The van der Waals surface area contributed by atoms with Gasteiger partial charge in [0.05, 0.1) is 23.7 Å². The van der Waals surface area contributed by atoms with E-state index in [1.54, 1.807) is 29.2 Å². The monoisotopic (exact) mass is 447 g/mol. The molecular formula is C27H33N3O3. The molecule has 1 heterocycles. The first-order valence-corrected chi connectivity index (χ1v) is 11.9. The maximum Gasteiger partial charge on any atom is 0.257 e. The van der Waals surface area contributed by atoms with E-state index in [9.17, 15) is 14.4 Å². The van der Waals surface area contributed by atoms with Gasteiger partial charge in [0.15, 0.2) is 0 Å². The average Bonchev–Trinajstić information content (AvgIpc) is 3.02. The number of amides is 3. The highest BCUT2D eigenvalue weighted by Gasteiger charge is 2.69. The van der Waals surface area contributed by atoms with E-state index in [4.69, 9.17) is 5.26 Å². The number of nitrogens with zero attached hydrogens (tertiary/aromatic N) is 3. The molecule has 2 aliphatic carbocycles. The summed E-state index contributed by atoms with van der Waals surface area (Å²) in [6.45, 7) is 8.85. The Morgan fingerprint density at radius 3 is 2.33 bits per heavy atom. The number of anilines is 1. The van der Waals surface area contributed by atoms with Crippen molar-refractivity contribution in [1.29, 1.82) is 5.26 Å². The zero-order valence-corrected chi connectivity index (χ0v) is 20.1. The number of nitriles is 1. The van der Waals surface area contributed by atoms with Crippen LogP contribution in [-0.4, -0.2) is 35.2 Å². The Bertz CT molecular complexity index is 1030. The number of carbonyl (C=O) groups is 3. The van der Waals surface area contributed by atoms with Crippen LogP contribution in [-0.2, 0) is 14.4 Å². The van der Waals surface area contributed by atoms with Crippen LogP contribution in [0.15, 0.2) is 35.9 Å². The van der Waals surface area contributed by atoms with Crippen LogP contribution in [0.4, 0.5) is 5.69 Å². The second kappa shape index (κ2) is 8.44. The van der Waals surface area contributed by atoms with E-state index in [0.717, 1.165) is 25.7 Å². The van der Waals surface area contributed by atoms with E-state index in [1.807, 2.05) is 6.07 Å². The molecule has 1 aromatic rings. The largest absolute Gasteiger partial charge is 0.330 e. The minimum atomic E-state index is -0.781. The van der Waals surface area contributed by atoms with Crippen LogP contribution >= 0.6 is 0 Å². The molecule has 6 heteroatoms. The highest BCUT2D eigenvalue weighted by atomic mass is 16.2. The van der Waals surface area contributed by atoms with Crippen molar-refractivity contribution >= 4 is 23.4 Å². The van der Waals surface area contributed by atoms with Gasteiger partial charge in [0.25, 0.3) is 5.91 Å². The number of allylic oxidation sites excluding steroid dienone is 1. The van der Waals surface area contributed by atoms with Gasteiger partial charge >= 0.3 is 0 Å². The number of hydrogen-bond donors (Lipinski definition) is 0. The Hall–Kier alpha value is -2.94. The van der Waals surface area contributed by atoms with Gasteiger partial charge in [-0.2, -0.15) is 5.26 Å². The Morgan fingerprint density at radius 1 is 1.12 bits per heavy atom. The molecule has 174 valence electrons. The first-order valence-electron chi connectivity index (χ1n) is 11.9. The minimum Gasteiger partial charge on any atom is -0.330 e. The van der Waals surface area contributed by atoms with Gasteiger partial charge in [0, 0.05) is 12.5 Å². The summed E-state index contributed by atoms with van der Waals surface area (Å²) in [6, 6.07) is 7.68. The number of carbonyl (C=O) groups excluding carboxylic acids is 3. The summed E-state index contributed by atoms with van der Waals surface area (Å²) in [4.78, 5) is 43.0. The highest BCUT2D eigenvalue weighted by Crippen LogP contribution is 2.69. The fourth-order valence-corrected chi connectivity index (χ4v) is 5.61. The first kappa shape index (κ1) is 23.2. The molecule has 3 amide bonds. The van der Waals surface area contributed by atoms with Crippen molar-refractivity contribution in [3.05, 3.63) is 41.5 Å². The smallest absolute Gasteiger partial charge is 0.257 e. The molecule has 1 aliphatic heterocycles. The topological polar surface area (TPSA) is 81.5 Å². The molecule has 6 nitrogen and oxygen atoms in total. The SMILES string of the molecule is CC1(C)C(C(=O)N(CCC2=CCCCC2)C2CC(=O)N(c3ccc(C#N)cc3)C2=O)C1(C)C. The second-order valence-electron chi connectivity index (χ2n) is 10.7. The summed E-state index contributed by atoms with van der Waals surface area (Å²) in [5.74, 6) is -0.850. The van der Waals surface area contributed by atoms with Crippen LogP contribution in [0.5, 0.6) is 0 Å². The lowest BCUT2D eigenvalue weighted by molar-refractivity contribution is -0.140. The third kappa shape index (κ3) is 3.99. The minimum absolute atomic E-state index is 0.00278. The number of benzene rings is 1. The second-order valence-corrected chi connectivity index (χ2v) is 10.7. The molecule has 1 aromatic carbocycles. The molecule has 33 heavy (non-hydrogen) atoms. The molecule has 1 saturated heterocycles. The fraction of sp³-hybridized carbons (Fsp3) is 0.556. The molecule has 0 N–H and O–H groups in total. The Balaban J connectivity index is 1.59. The van der Waals surface area contributed by atoms with Gasteiger partial charge in [0.1, 0.15) is 6.04 Å². The lowest BCUT2D eigenvalue weighted by atomic mass is 9.96. The van der Waals surface area contributed by atoms with Crippen LogP contribution in [0.3, 0.4) is 0 Å². The molecule has 0 radical (unpaired) electrons. The average molecular weight is 448 g/mol. The molecule has 3 aliphatic rings. The van der Waals surface area contributed by atoms with Crippen LogP contribution in [0.25, 0.3) is 0 Å². The third-order valence-electron chi connectivity index (χ3n) is 8.36. The summed E-state index contributed by atoms with van der Waals surface area (Å²) in [5, 5.41) is 9.04. The van der Waals surface area contributed by atoms with Gasteiger partial charge in [-0.3, -0.25) is 14.4 Å². The maximum atomic E-state index is 13.8. The van der Waals surface area contributed by atoms with Crippen molar-refractivity contribution in [1.82, 2.24) is 4.90 Å². The van der Waals surface area contributed by atoms with Gasteiger partial charge in [-0.1, -0.05) is 39.3 Å². The Morgan fingerprint density at radius 2 is 1.79 bits per heavy atom. The lowest BCUT2D eigenvalue weighted by Gasteiger charge is -2.29. The summed E-state index contributed by atoms with van der Waals surface area (Å²) in [6.07, 6.45) is 7.48. The summed E-state index contributed by atoms with van der Waals surface area (Å²) in [7, 11) is 0. The lowest BCUT2D eigenvalue weighted by Crippen LogP contribution is -2.47. The molecule has 0 bridgehead atoms. The summed E-state index contributed by atoms with van der Waals surface area (Å²) >= 11 is 0. The third-order valence-corrected chi connectivity index (χ3v) is 8.36. The number of hydrogen-bond acceptors (Lipinski definition) is 4. The Labute approximate surface area is 196 Å². The van der Waals surface area contributed by atoms with Gasteiger partial charge in [-0.25, -0.2) is 4.90 Å². The van der Waals surface area contributed by atoms with Gasteiger partial charge in [0.2, 0.25) is 11.8 Å². The maximum absolute atomic E-state index is 13.8. The van der Waals surface area contributed by atoms with Crippen LogP contribution in [0.1, 0.15) is 71.8 Å². The predicted molar refractivity (Wildman–Crippen MR) is 126 cm³/mol. The zero-order valence-electron chi connectivity index (χ0n) is 20.1. The van der Waals surface area contributed by atoms with Gasteiger partial charge < -0.3 is 4.90 Å². The van der Waals surface area contributed by atoms with Gasteiger partial charge in [-0.05, 0) is 67.2 Å². The molecule has 1 unspecified atom stereocenters. The van der Waals surface area contributed by atoms with Crippen molar-refractivity contribution in [2.24, 2.45) is 16.7 Å². The molecular weight excluding hydrogens is 414 g/mol. The molecule has 2 fully saturated rings. The van der Waals surface area contributed by atoms with Crippen LogP contribution in [0, 0.1) is 28.1 Å². The molecule has 1 saturated carbocycles. The van der Waals surface area contributed by atoms with Crippen LogP contribution < -0.4 is 4.90 Å². The van der Waals surface area contributed by atoms with Gasteiger partial charge in [-0.15, -0.1) is 0 Å². The van der Waals surface area contributed by atoms with E-state index < -0.39 is 6.04 Å². The summed E-state index contributed by atoms with van der Waals surface area (Å²) in [5.41, 5.74) is 1.95. The quantitative estimate of drug-likeness (QED) is 0.472. The van der Waals surface area contributed by atoms with E-state index in [-0.39, 0.29) is 40.9 Å². The Kier molecular flexibility index (Phi) is 5.94. The first-order chi connectivity index (χ1) is 15.6. The zero-order chi connectivity index (χ0) is 24.0. The molecule has 0 aromatic heterocycles. The van der Waals surface area contributed by atoms with Crippen molar-refractivity contribution in [2.75, 3.05) is 11.4 Å². The van der Waals surface area contributed by atoms with Crippen molar-refractivity contribution in [3.8, 4) is 6.07 Å². The van der Waals surface area contributed by atoms with Crippen molar-refractivity contribution in [2.45, 2.75) is 72.3 Å². The standard InChI is InChI=1S/C27H33N3O3/c1-26(2)23(27(26,3)4)25(33)29(15-14-18-8-6-5-7-9-18)21-16-22(31)30(24(21)32)20-12-10-19(17-28)11-13-20/h8,10-13,21,23H,5-7,9,14-16H2,1-4H3. The van der Waals surface area contributed by atoms with Crippen LogP contribution in [0.2, 0.25) is 0 Å². The molecule has 0 spiro atoms. The summed E-state index contributed by atoms with van der Waals surface area (Å²) < 4.78 is 0. The van der Waals surface area contributed by atoms with Crippen molar-refractivity contribution in [3.63, 3.8) is 0 Å². The van der Waals surface area contributed by atoms with E-state index in [1.165, 1.54) is 16.9 Å². The highest BCUT2D eigenvalue weighted by molar-refractivity contribution is 6.23. The van der Waals surface area contributed by atoms with Crippen molar-refractivity contribution < 1.29 is 14.4 Å². The predicted octanol–water partition coefficient (Wildman–Crippen LogP) is 4.59. The van der Waals surface area contributed by atoms with E-state index in [2.05, 4.69) is 33.8 Å². The molecule has 4 rings (SSSR count). The number of imide groups is 1. The van der Waals surface area contributed by atoms with E-state index >= 15 is 0 Å². The number of rotatable bonds is 6. The molecule has 1 atom stereocenters. The normalized spacial score (nSPS) is 23.8. The van der Waals surface area contributed by atoms with E-state index in [0.29, 0.717) is 17.8 Å². The fourth-order valence-electron chi connectivity index (χ4n) is 5.61.